The van der Waals surface area contributed by atoms with Crippen LogP contribution in [0.1, 0.15) is 33.4 Å². The van der Waals surface area contributed by atoms with Crippen molar-refractivity contribution in [3.05, 3.63) is 179 Å². The number of hydrogen-bond donors (Lipinski definition) is 0. The summed E-state index contributed by atoms with van der Waals surface area (Å²) in [6.07, 6.45) is 0.933. The standard InChI is InChI=1S/C42H28N2/c43-27-28-15-22-40-30(25-28)23-24-44(40)33-17-19-37-39(26-33)42(31-10-3-1-4-11-31,32-12-5-2-6-13-32)38-21-20-35-34-14-8-7-9-29(34)16-18-36(35)41(37)38/h1-22,25-26H,23-24H2. The Morgan fingerprint density at radius 2 is 1.32 bits per heavy atom. The largest absolute Gasteiger partial charge is 0.341 e. The van der Waals surface area contributed by atoms with E-state index in [1.807, 2.05) is 12.1 Å². The molecular formula is C42H28N2. The maximum absolute atomic E-state index is 9.49. The molecule has 0 fully saturated rings. The third kappa shape index (κ3) is 3.36. The van der Waals surface area contributed by atoms with Crippen molar-refractivity contribution in [3.8, 4) is 17.2 Å². The predicted molar refractivity (Wildman–Crippen MR) is 181 cm³/mol. The summed E-state index contributed by atoms with van der Waals surface area (Å²) in [4.78, 5) is 2.42. The van der Waals surface area contributed by atoms with Gasteiger partial charge in [0, 0.05) is 17.9 Å². The lowest BCUT2D eigenvalue weighted by molar-refractivity contribution is 0.768. The third-order valence-electron chi connectivity index (χ3n) is 9.84. The Morgan fingerprint density at radius 3 is 2.09 bits per heavy atom. The van der Waals surface area contributed by atoms with Crippen molar-refractivity contribution in [1.82, 2.24) is 0 Å². The Hall–Kier alpha value is -5.65. The van der Waals surface area contributed by atoms with Gasteiger partial charge < -0.3 is 4.90 Å². The molecule has 0 saturated heterocycles. The van der Waals surface area contributed by atoms with Crippen molar-refractivity contribution in [2.45, 2.75) is 11.8 Å². The molecule has 2 nitrogen and oxygen atoms in total. The van der Waals surface area contributed by atoms with Crippen molar-refractivity contribution < 1.29 is 0 Å². The van der Waals surface area contributed by atoms with Crippen LogP contribution in [0.4, 0.5) is 11.4 Å². The summed E-state index contributed by atoms with van der Waals surface area (Å²) >= 11 is 0. The van der Waals surface area contributed by atoms with E-state index in [-0.39, 0.29) is 0 Å². The minimum atomic E-state index is -0.476. The van der Waals surface area contributed by atoms with Gasteiger partial charge in [-0.3, -0.25) is 0 Å². The molecule has 0 amide bonds. The number of hydrogen-bond acceptors (Lipinski definition) is 2. The zero-order chi connectivity index (χ0) is 29.3. The molecule has 0 atom stereocenters. The summed E-state index contributed by atoms with van der Waals surface area (Å²) in [6.45, 7) is 0.897. The van der Waals surface area contributed by atoms with Gasteiger partial charge in [0.05, 0.1) is 17.0 Å². The molecule has 0 unspecified atom stereocenters. The lowest BCUT2D eigenvalue weighted by Gasteiger charge is -2.34. The molecule has 0 radical (unpaired) electrons. The van der Waals surface area contributed by atoms with Gasteiger partial charge in [0.15, 0.2) is 0 Å². The normalized spacial score (nSPS) is 14.3. The Bertz CT molecular complexity index is 2250. The molecule has 2 aliphatic rings. The van der Waals surface area contributed by atoms with Crippen LogP contribution in [-0.2, 0) is 11.8 Å². The van der Waals surface area contributed by atoms with Crippen molar-refractivity contribution in [2.24, 2.45) is 0 Å². The summed E-state index contributed by atoms with van der Waals surface area (Å²) in [5.74, 6) is 0. The SMILES string of the molecule is N#Cc1ccc2c(c1)CCN2c1ccc2c(c1)C(c1ccccc1)(c1ccccc1)c1ccc3c(ccc4ccccc43)c1-2. The van der Waals surface area contributed by atoms with Crippen molar-refractivity contribution in [1.29, 1.82) is 5.26 Å². The fourth-order valence-electron chi connectivity index (χ4n) is 7.97. The smallest absolute Gasteiger partial charge is 0.0991 e. The lowest BCUT2D eigenvalue weighted by atomic mass is 9.67. The minimum Gasteiger partial charge on any atom is -0.341 e. The molecule has 1 heterocycles. The van der Waals surface area contributed by atoms with Crippen LogP contribution in [0.25, 0.3) is 32.7 Å². The zero-order valence-electron chi connectivity index (χ0n) is 24.2. The van der Waals surface area contributed by atoms with E-state index in [2.05, 4.69) is 144 Å². The van der Waals surface area contributed by atoms with Gasteiger partial charge in [0.2, 0.25) is 0 Å². The second kappa shape index (κ2) is 9.43. The molecule has 0 saturated carbocycles. The molecule has 44 heavy (non-hydrogen) atoms. The Labute approximate surface area is 257 Å². The molecule has 1 aliphatic carbocycles. The van der Waals surface area contributed by atoms with Crippen LogP contribution in [-0.4, -0.2) is 6.54 Å². The van der Waals surface area contributed by atoms with E-state index in [4.69, 9.17) is 0 Å². The van der Waals surface area contributed by atoms with Crippen LogP contribution in [0, 0.1) is 11.3 Å². The highest BCUT2D eigenvalue weighted by Crippen LogP contribution is 2.59. The average Bonchev–Trinajstić information content (AvgIpc) is 3.65. The summed E-state index contributed by atoms with van der Waals surface area (Å²) < 4.78 is 0. The highest BCUT2D eigenvalue weighted by Gasteiger charge is 2.47. The summed E-state index contributed by atoms with van der Waals surface area (Å²) in [5, 5.41) is 14.6. The molecule has 0 aromatic heterocycles. The maximum Gasteiger partial charge on any atom is 0.0991 e. The quantitative estimate of drug-likeness (QED) is 0.201. The van der Waals surface area contributed by atoms with Gasteiger partial charge >= 0.3 is 0 Å². The van der Waals surface area contributed by atoms with Crippen LogP contribution >= 0.6 is 0 Å². The van der Waals surface area contributed by atoms with Crippen LogP contribution in [0.15, 0.2) is 146 Å². The zero-order valence-corrected chi connectivity index (χ0v) is 24.2. The number of fused-ring (bicyclic) bond motifs is 8. The third-order valence-corrected chi connectivity index (χ3v) is 9.84. The molecule has 7 aromatic rings. The molecular weight excluding hydrogens is 532 g/mol. The summed E-state index contributed by atoms with van der Waals surface area (Å²) in [6, 6.07) is 55.6. The van der Waals surface area contributed by atoms with Crippen molar-refractivity contribution >= 4 is 32.9 Å². The van der Waals surface area contributed by atoms with Crippen LogP contribution in [0.3, 0.4) is 0 Å². The van der Waals surface area contributed by atoms with Gasteiger partial charge in [-0.2, -0.15) is 5.26 Å². The molecule has 2 heteroatoms. The summed E-state index contributed by atoms with van der Waals surface area (Å²) in [5.41, 5.74) is 11.6. The number of benzene rings is 7. The van der Waals surface area contributed by atoms with E-state index in [9.17, 15) is 5.26 Å². The van der Waals surface area contributed by atoms with Gasteiger partial charge in [-0.1, -0.05) is 115 Å². The van der Waals surface area contributed by atoms with E-state index in [0.29, 0.717) is 0 Å². The second-order valence-electron chi connectivity index (χ2n) is 11.9. The highest BCUT2D eigenvalue weighted by molar-refractivity contribution is 6.14. The Balaban J connectivity index is 1.38. The molecule has 1 aliphatic heterocycles. The van der Waals surface area contributed by atoms with E-state index in [0.717, 1.165) is 18.5 Å². The molecule has 0 N–H and O–H groups in total. The number of rotatable bonds is 3. The van der Waals surface area contributed by atoms with E-state index in [1.165, 1.54) is 71.9 Å². The number of nitrogens with zero attached hydrogens (tertiary/aromatic N) is 2. The Kier molecular flexibility index (Phi) is 5.34. The van der Waals surface area contributed by atoms with Gasteiger partial charge in [0.1, 0.15) is 0 Å². The van der Waals surface area contributed by atoms with Gasteiger partial charge in [-0.25, -0.2) is 0 Å². The Morgan fingerprint density at radius 1 is 0.591 bits per heavy atom. The van der Waals surface area contributed by atoms with Crippen LogP contribution in [0.2, 0.25) is 0 Å². The molecule has 0 bridgehead atoms. The maximum atomic E-state index is 9.49. The average molecular weight is 561 g/mol. The van der Waals surface area contributed by atoms with Gasteiger partial charge in [-0.05, 0) is 97.2 Å². The van der Waals surface area contributed by atoms with E-state index < -0.39 is 5.41 Å². The van der Waals surface area contributed by atoms with Crippen LogP contribution < -0.4 is 4.90 Å². The van der Waals surface area contributed by atoms with E-state index in [1.54, 1.807) is 0 Å². The fraction of sp³-hybridized carbons (Fsp3) is 0.0714. The molecule has 206 valence electrons. The topological polar surface area (TPSA) is 27.0 Å². The second-order valence-corrected chi connectivity index (χ2v) is 11.9. The monoisotopic (exact) mass is 560 g/mol. The first-order chi connectivity index (χ1) is 21.8. The van der Waals surface area contributed by atoms with Gasteiger partial charge in [0.25, 0.3) is 0 Å². The van der Waals surface area contributed by atoms with Crippen LogP contribution in [0.5, 0.6) is 0 Å². The van der Waals surface area contributed by atoms with Crippen molar-refractivity contribution in [2.75, 3.05) is 11.4 Å². The lowest BCUT2D eigenvalue weighted by Crippen LogP contribution is -2.28. The fourth-order valence-corrected chi connectivity index (χ4v) is 7.97. The first-order valence-corrected chi connectivity index (χ1v) is 15.3. The number of nitriles is 1. The molecule has 9 rings (SSSR count). The summed E-state index contributed by atoms with van der Waals surface area (Å²) in [7, 11) is 0. The highest BCUT2D eigenvalue weighted by atomic mass is 15.2. The predicted octanol–water partition coefficient (Wildman–Crippen LogP) is 9.92. The molecule has 0 spiro atoms. The molecule has 7 aromatic carbocycles. The first-order valence-electron chi connectivity index (χ1n) is 15.3. The first kappa shape index (κ1) is 24.9. The van der Waals surface area contributed by atoms with E-state index >= 15 is 0 Å². The van der Waals surface area contributed by atoms with Gasteiger partial charge in [-0.15, -0.1) is 0 Å². The number of anilines is 2. The van der Waals surface area contributed by atoms with Crippen molar-refractivity contribution in [3.63, 3.8) is 0 Å². The minimum absolute atomic E-state index is 0.476.